The van der Waals surface area contributed by atoms with Gasteiger partial charge in [0.05, 0.1) is 0 Å². The van der Waals surface area contributed by atoms with E-state index < -0.39 is 22.8 Å². The van der Waals surface area contributed by atoms with Gasteiger partial charge in [0.25, 0.3) is 0 Å². The second kappa shape index (κ2) is 11.4. The first-order valence-corrected chi connectivity index (χ1v) is 8.75. The molecule has 0 fully saturated rings. The minimum atomic E-state index is -4.65. The van der Waals surface area contributed by atoms with Gasteiger partial charge in [0, 0.05) is 0 Å². The molecule has 122 valence electrons. The Bertz CT molecular complexity index is 315. The summed E-state index contributed by atoms with van der Waals surface area (Å²) in [6, 6.07) is 0. The predicted molar refractivity (Wildman–Crippen MR) is 76.5 cm³/mol. The van der Waals surface area contributed by atoms with Crippen molar-refractivity contribution in [3.05, 3.63) is 0 Å². The van der Waals surface area contributed by atoms with Gasteiger partial charge in [-0.1, -0.05) is 64.7 Å². The van der Waals surface area contributed by atoms with E-state index in [-0.39, 0.29) is 6.42 Å². The molecule has 0 aromatic heterocycles. The zero-order valence-electron chi connectivity index (χ0n) is 12.2. The molecule has 20 heavy (non-hydrogen) atoms. The van der Waals surface area contributed by atoms with Gasteiger partial charge < -0.3 is 10.2 Å². The van der Waals surface area contributed by atoms with Gasteiger partial charge in [0.1, 0.15) is 6.10 Å². The highest BCUT2D eigenvalue weighted by atomic mass is 32.3. The van der Waals surface area contributed by atoms with E-state index >= 15 is 0 Å². The van der Waals surface area contributed by atoms with Crippen LogP contribution in [0.1, 0.15) is 71.1 Å². The van der Waals surface area contributed by atoms with E-state index in [1.54, 1.807) is 0 Å². The molecule has 1 unspecified atom stereocenters. The van der Waals surface area contributed by atoms with Crippen LogP contribution < -0.4 is 0 Å². The van der Waals surface area contributed by atoms with Crippen LogP contribution in [0.2, 0.25) is 0 Å². The van der Waals surface area contributed by atoms with E-state index in [1.165, 1.54) is 32.1 Å². The minimum Gasteiger partial charge on any atom is -0.366 e. The zero-order chi connectivity index (χ0) is 15.4. The number of rotatable bonds is 13. The Morgan fingerprint density at radius 2 is 1.35 bits per heavy atom. The fourth-order valence-electron chi connectivity index (χ4n) is 2.06. The van der Waals surface area contributed by atoms with Gasteiger partial charge in [0.2, 0.25) is 0 Å². The van der Waals surface area contributed by atoms with Crippen molar-refractivity contribution in [3.63, 3.8) is 0 Å². The Morgan fingerprint density at radius 3 is 1.75 bits per heavy atom. The number of aliphatic hydroxyl groups excluding tert-OH is 1. The smallest absolute Gasteiger partial charge is 0.366 e. The van der Waals surface area contributed by atoms with Crippen molar-refractivity contribution >= 4 is 10.4 Å². The van der Waals surface area contributed by atoms with Crippen molar-refractivity contribution in [2.45, 2.75) is 83.5 Å². The Labute approximate surface area is 122 Å². The van der Waals surface area contributed by atoms with Crippen LogP contribution in [0.3, 0.4) is 0 Å². The molecular weight excluding hydrogens is 284 g/mol. The highest BCUT2D eigenvalue weighted by Gasteiger charge is 2.22. The van der Waals surface area contributed by atoms with Crippen molar-refractivity contribution in [2.24, 2.45) is 0 Å². The third-order valence-electron chi connectivity index (χ3n) is 3.17. The van der Waals surface area contributed by atoms with E-state index in [2.05, 4.69) is 11.1 Å². The van der Waals surface area contributed by atoms with Crippen molar-refractivity contribution < 1.29 is 27.4 Å². The average molecular weight is 312 g/mol. The summed E-state index contributed by atoms with van der Waals surface area (Å²) in [5, 5.41) is 17.9. The van der Waals surface area contributed by atoms with Gasteiger partial charge in [-0.05, 0) is 6.42 Å². The quantitative estimate of drug-likeness (QED) is 0.274. The van der Waals surface area contributed by atoms with E-state index in [0.29, 0.717) is 6.42 Å². The summed E-state index contributed by atoms with van der Waals surface area (Å²) >= 11 is 0. The summed E-state index contributed by atoms with van der Waals surface area (Å²) in [5.41, 5.74) is 0. The maximum Gasteiger partial charge on any atom is 0.397 e. The fraction of sp³-hybridized carbons (Fsp3) is 1.00. The molecule has 0 aromatic carbocycles. The second-order valence-electron chi connectivity index (χ2n) is 5.09. The lowest BCUT2D eigenvalue weighted by atomic mass is 10.1. The largest absolute Gasteiger partial charge is 0.397 e. The molecule has 3 N–H and O–H groups in total. The summed E-state index contributed by atoms with van der Waals surface area (Å²) in [4.78, 5) is 0. The molecule has 0 amide bonds. The summed E-state index contributed by atoms with van der Waals surface area (Å²) in [6.45, 7) is 2.18. The van der Waals surface area contributed by atoms with Crippen LogP contribution in [0.25, 0.3) is 0 Å². The third-order valence-corrected chi connectivity index (χ3v) is 3.66. The second-order valence-corrected chi connectivity index (χ2v) is 6.14. The van der Waals surface area contributed by atoms with Gasteiger partial charge in [-0.25, -0.2) is 4.18 Å². The van der Waals surface area contributed by atoms with Gasteiger partial charge in [-0.3, -0.25) is 4.55 Å². The molecule has 0 aromatic rings. The van der Waals surface area contributed by atoms with Crippen LogP contribution in [0.5, 0.6) is 0 Å². The van der Waals surface area contributed by atoms with Gasteiger partial charge in [0.15, 0.2) is 6.29 Å². The lowest BCUT2D eigenvalue weighted by molar-refractivity contribution is -0.115. The molecule has 0 bridgehead atoms. The van der Waals surface area contributed by atoms with Crippen LogP contribution in [-0.4, -0.2) is 35.6 Å². The molecule has 0 aliphatic heterocycles. The van der Waals surface area contributed by atoms with Crippen LogP contribution in [0, 0.1) is 0 Å². The Kier molecular flexibility index (Phi) is 11.3. The molecule has 0 aliphatic rings. The molecule has 0 heterocycles. The van der Waals surface area contributed by atoms with E-state index in [9.17, 15) is 8.42 Å². The molecule has 0 rings (SSSR count). The Hall–Kier alpha value is -0.210. The van der Waals surface area contributed by atoms with Gasteiger partial charge >= 0.3 is 10.4 Å². The van der Waals surface area contributed by atoms with Crippen molar-refractivity contribution in [1.29, 1.82) is 0 Å². The first-order valence-electron chi connectivity index (χ1n) is 7.38. The van der Waals surface area contributed by atoms with Gasteiger partial charge in [-0.15, -0.1) is 0 Å². The van der Waals surface area contributed by atoms with E-state index in [4.69, 9.17) is 14.8 Å². The summed E-state index contributed by atoms with van der Waals surface area (Å²) in [6.07, 6.45) is 6.90. The molecule has 0 saturated carbocycles. The minimum absolute atomic E-state index is 0.188. The number of unbranched alkanes of at least 4 members (excludes halogenated alkanes) is 8. The van der Waals surface area contributed by atoms with Crippen molar-refractivity contribution in [3.8, 4) is 0 Å². The molecule has 0 spiro atoms. The SMILES string of the molecule is CCCCCCCCCCCC(OS(=O)(=O)O)C(O)O. The Morgan fingerprint density at radius 1 is 0.900 bits per heavy atom. The molecule has 0 radical (unpaired) electrons. The van der Waals surface area contributed by atoms with Crippen molar-refractivity contribution in [1.82, 2.24) is 0 Å². The van der Waals surface area contributed by atoms with E-state index in [1.807, 2.05) is 0 Å². The van der Waals surface area contributed by atoms with E-state index in [0.717, 1.165) is 19.3 Å². The maximum absolute atomic E-state index is 10.5. The number of hydrogen-bond donors (Lipinski definition) is 3. The number of hydrogen-bond acceptors (Lipinski definition) is 5. The highest BCUT2D eigenvalue weighted by Crippen LogP contribution is 2.14. The fourth-order valence-corrected chi connectivity index (χ4v) is 2.57. The summed E-state index contributed by atoms with van der Waals surface area (Å²) < 4.78 is 33.7. The highest BCUT2D eigenvalue weighted by molar-refractivity contribution is 7.80. The molecule has 0 aliphatic carbocycles. The molecular formula is C13H28O6S. The zero-order valence-corrected chi connectivity index (χ0v) is 13.0. The topological polar surface area (TPSA) is 104 Å². The average Bonchev–Trinajstić information content (AvgIpc) is 2.33. The van der Waals surface area contributed by atoms with Gasteiger partial charge in [-0.2, -0.15) is 8.42 Å². The van der Waals surface area contributed by atoms with Crippen LogP contribution in [0.4, 0.5) is 0 Å². The lowest BCUT2D eigenvalue weighted by Crippen LogP contribution is -2.30. The summed E-state index contributed by atoms with van der Waals surface area (Å²) in [7, 11) is -4.65. The lowest BCUT2D eigenvalue weighted by Gasteiger charge is -2.16. The monoisotopic (exact) mass is 312 g/mol. The standard InChI is InChI=1S/C13H28O6S/c1-2-3-4-5-6-7-8-9-10-11-12(13(14)15)19-20(16,17)18/h12-15H,2-11H2,1H3,(H,16,17,18). The Balaban J connectivity index is 3.60. The first kappa shape index (κ1) is 19.8. The summed E-state index contributed by atoms with van der Waals surface area (Å²) in [5.74, 6) is 0. The van der Waals surface area contributed by atoms with Crippen LogP contribution in [0.15, 0.2) is 0 Å². The van der Waals surface area contributed by atoms with Crippen molar-refractivity contribution in [2.75, 3.05) is 0 Å². The maximum atomic E-state index is 10.5. The third kappa shape index (κ3) is 12.8. The molecule has 7 heteroatoms. The normalized spacial score (nSPS) is 13.8. The number of aliphatic hydroxyl groups is 2. The predicted octanol–water partition coefficient (Wildman–Crippen LogP) is 2.41. The van der Waals surface area contributed by atoms with Crippen LogP contribution in [-0.2, 0) is 14.6 Å². The van der Waals surface area contributed by atoms with Crippen LogP contribution >= 0.6 is 0 Å². The molecule has 0 saturated heterocycles. The molecule has 6 nitrogen and oxygen atoms in total. The molecule has 1 atom stereocenters. The first-order chi connectivity index (χ1) is 9.37.